The second-order valence-corrected chi connectivity index (χ2v) is 14.0. The Morgan fingerprint density at radius 2 is 1.09 bits per heavy atom. The molecule has 11 nitrogen and oxygen atoms in total. The lowest BCUT2D eigenvalue weighted by Gasteiger charge is -2.28. The van der Waals surface area contributed by atoms with E-state index < -0.39 is 6.09 Å². The van der Waals surface area contributed by atoms with Crippen molar-refractivity contribution in [2.45, 2.75) is 80.1 Å². The van der Waals surface area contributed by atoms with Crippen LogP contribution in [0.25, 0.3) is 0 Å². The summed E-state index contributed by atoms with van der Waals surface area (Å²) in [5.41, 5.74) is 0.0539. The molecule has 2 rings (SSSR count). The summed E-state index contributed by atoms with van der Waals surface area (Å²) in [6.45, 7) is 14.4. The summed E-state index contributed by atoms with van der Waals surface area (Å²) in [6.07, 6.45) is 5.24. The van der Waals surface area contributed by atoms with Gasteiger partial charge in [0.05, 0.1) is 11.1 Å². The Hall–Kier alpha value is -3.18. The molecule has 0 aliphatic heterocycles. The Labute approximate surface area is 261 Å². The predicted octanol–water partition coefficient (Wildman–Crippen LogP) is 3.08. The van der Waals surface area contributed by atoms with Crippen LogP contribution < -0.4 is 16.0 Å². The number of Topliss-reactive ketones (excluding diaryl/α,β-unsaturated/α-hetero) is 4. The Kier molecular flexibility index (Phi) is 14.1. The Morgan fingerprint density at radius 3 is 1.43 bits per heavy atom. The average molecular weight is 617 g/mol. The minimum Gasteiger partial charge on any atom is -0.465 e. The molecule has 2 amide bonds. The van der Waals surface area contributed by atoms with Crippen molar-refractivity contribution >= 4 is 35.1 Å². The maximum atomic E-state index is 12.7. The van der Waals surface area contributed by atoms with Crippen molar-refractivity contribution in [2.75, 3.05) is 45.8 Å². The maximum absolute atomic E-state index is 12.7. The summed E-state index contributed by atoms with van der Waals surface area (Å²) in [5, 5.41) is 17.6. The zero-order chi connectivity index (χ0) is 33.1. The SMILES string of the molecule is C[C@H](C=C1C(=O)CC(C)(C)CC1=O)CCNCCN(CCNCC[C@H](C)C=C1C(=O)CC(C)(C)CC1=O)C(=O)CNC(=O)O. The van der Waals surface area contributed by atoms with Crippen LogP contribution in [0.15, 0.2) is 23.3 Å². The molecular formula is C33H52N4O7. The molecule has 2 aliphatic rings. The third-order valence-electron chi connectivity index (χ3n) is 8.07. The fraction of sp³-hybridized carbons (Fsp3) is 0.697. The number of nitrogens with one attached hydrogen (secondary N) is 3. The topological polar surface area (TPSA) is 162 Å². The minimum absolute atomic E-state index is 0.0348. The van der Waals surface area contributed by atoms with E-state index in [1.165, 1.54) is 0 Å². The van der Waals surface area contributed by atoms with Gasteiger partial charge in [-0.1, -0.05) is 53.7 Å². The zero-order valence-corrected chi connectivity index (χ0v) is 27.3. The quantitative estimate of drug-likeness (QED) is 0.116. The number of nitrogens with zero attached hydrogens (tertiary/aromatic N) is 1. The smallest absolute Gasteiger partial charge is 0.405 e. The molecule has 2 atom stereocenters. The lowest BCUT2D eigenvalue weighted by Crippen LogP contribution is -2.45. The molecule has 0 bridgehead atoms. The first kappa shape index (κ1) is 37.0. The van der Waals surface area contributed by atoms with Gasteiger partial charge in [-0.15, -0.1) is 0 Å². The summed E-state index contributed by atoms with van der Waals surface area (Å²) < 4.78 is 0. The van der Waals surface area contributed by atoms with E-state index in [9.17, 15) is 28.8 Å². The van der Waals surface area contributed by atoms with E-state index in [0.29, 0.717) is 88.9 Å². The highest BCUT2D eigenvalue weighted by Gasteiger charge is 2.36. The van der Waals surface area contributed by atoms with E-state index in [0.717, 1.165) is 0 Å². The fourth-order valence-corrected chi connectivity index (χ4v) is 5.62. The van der Waals surface area contributed by atoms with Crippen LogP contribution in [0.3, 0.4) is 0 Å². The van der Waals surface area contributed by atoms with Crippen molar-refractivity contribution < 1.29 is 33.9 Å². The molecule has 0 saturated heterocycles. The number of ketones is 4. The first-order valence-corrected chi connectivity index (χ1v) is 15.7. The average Bonchev–Trinajstić information content (AvgIpc) is 2.88. The Morgan fingerprint density at radius 1 is 0.727 bits per heavy atom. The molecule has 0 spiro atoms. The van der Waals surface area contributed by atoms with Crippen molar-refractivity contribution in [1.29, 1.82) is 0 Å². The molecule has 2 fully saturated rings. The highest BCUT2D eigenvalue weighted by Crippen LogP contribution is 2.35. The Balaban J connectivity index is 1.77. The van der Waals surface area contributed by atoms with E-state index in [2.05, 4.69) is 16.0 Å². The molecule has 0 unspecified atom stereocenters. The number of hydrogen-bond donors (Lipinski definition) is 4. The van der Waals surface area contributed by atoms with Crippen LogP contribution in [0.1, 0.15) is 80.1 Å². The number of hydrogen-bond acceptors (Lipinski definition) is 8. The van der Waals surface area contributed by atoms with Crippen molar-refractivity contribution in [3.05, 3.63) is 23.3 Å². The van der Waals surface area contributed by atoms with Crippen LogP contribution in [-0.2, 0) is 24.0 Å². The van der Waals surface area contributed by atoms with Crippen LogP contribution >= 0.6 is 0 Å². The van der Waals surface area contributed by atoms with Crippen molar-refractivity contribution in [3.63, 3.8) is 0 Å². The van der Waals surface area contributed by atoms with Gasteiger partial charge in [0.15, 0.2) is 23.1 Å². The number of carbonyl (C=O) groups excluding carboxylic acids is 5. The molecule has 0 radical (unpaired) electrons. The fourth-order valence-electron chi connectivity index (χ4n) is 5.62. The summed E-state index contributed by atoms with van der Waals surface area (Å²) in [6, 6.07) is 0. The highest BCUT2D eigenvalue weighted by atomic mass is 16.4. The molecule has 4 N–H and O–H groups in total. The maximum Gasteiger partial charge on any atom is 0.405 e. The second kappa shape index (κ2) is 16.8. The van der Waals surface area contributed by atoms with Gasteiger partial charge < -0.3 is 26.0 Å². The van der Waals surface area contributed by atoms with Gasteiger partial charge in [-0.2, -0.15) is 0 Å². The van der Waals surface area contributed by atoms with Gasteiger partial charge in [0.1, 0.15) is 6.54 Å². The zero-order valence-electron chi connectivity index (χ0n) is 27.3. The lowest BCUT2D eigenvalue weighted by atomic mass is 9.73. The molecule has 2 aliphatic carbocycles. The van der Waals surface area contributed by atoms with Gasteiger partial charge >= 0.3 is 6.09 Å². The molecule has 44 heavy (non-hydrogen) atoms. The largest absolute Gasteiger partial charge is 0.465 e. The summed E-state index contributed by atoms with van der Waals surface area (Å²) >= 11 is 0. The first-order valence-electron chi connectivity index (χ1n) is 15.7. The molecule has 0 aromatic heterocycles. The van der Waals surface area contributed by atoms with Gasteiger partial charge in [-0.3, -0.25) is 24.0 Å². The van der Waals surface area contributed by atoms with Crippen LogP contribution in [0, 0.1) is 22.7 Å². The predicted molar refractivity (Wildman–Crippen MR) is 168 cm³/mol. The van der Waals surface area contributed by atoms with Crippen LogP contribution in [-0.4, -0.2) is 91.0 Å². The molecular weight excluding hydrogens is 564 g/mol. The first-order chi connectivity index (χ1) is 20.5. The molecule has 11 heteroatoms. The van der Waals surface area contributed by atoms with Gasteiger partial charge in [0, 0.05) is 51.9 Å². The number of amides is 2. The second-order valence-electron chi connectivity index (χ2n) is 14.0. The summed E-state index contributed by atoms with van der Waals surface area (Å²) in [4.78, 5) is 74.9. The van der Waals surface area contributed by atoms with Gasteiger partial charge in [0.2, 0.25) is 5.91 Å². The summed E-state index contributed by atoms with van der Waals surface area (Å²) in [7, 11) is 0. The molecule has 246 valence electrons. The van der Waals surface area contributed by atoms with Crippen molar-refractivity contribution in [1.82, 2.24) is 20.9 Å². The van der Waals surface area contributed by atoms with Crippen LogP contribution in [0.2, 0.25) is 0 Å². The third kappa shape index (κ3) is 12.8. The van der Waals surface area contributed by atoms with Crippen LogP contribution in [0.5, 0.6) is 0 Å². The normalized spacial score (nSPS) is 19.4. The van der Waals surface area contributed by atoms with E-state index in [1.54, 1.807) is 17.1 Å². The molecule has 0 heterocycles. The van der Waals surface area contributed by atoms with Gasteiger partial charge in [-0.25, -0.2) is 4.79 Å². The van der Waals surface area contributed by atoms with E-state index in [1.807, 2.05) is 41.5 Å². The lowest BCUT2D eigenvalue weighted by molar-refractivity contribution is -0.130. The van der Waals surface area contributed by atoms with Crippen molar-refractivity contribution in [3.8, 4) is 0 Å². The van der Waals surface area contributed by atoms with E-state index in [4.69, 9.17) is 5.11 Å². The number of carboxylic acid groups (broad SMARTS) is 1. The van der Waals surface area contributed by atoms with Crippen molar-refractivity contribution in [2.24, 2.45) is 22.7 Å². The molecule has 2 saturated carbocycles. The van der Waals surface area contributed by atoms with Gasteiger partial charge in [-0.05, 0) is 48.6 Å². The molecule has 0 aromatic rings. The minimum atomic E-state index is -1.27. The molecule has 0 aromatic carbocycles. The van der Waals surface area contributed by atoms with Gasteiger partial charge in [0.25, 0.3) is 0 Å². The number of rotatable bonds is 16. The highest BCUT2D eigenvalue weighted by molar-refractivity contribution is 6.22. The monoisotopic (exact) mass is 616 g/mol. The van der Waals surface area contributed by atoms with E-state index >= 15 is 0 Å². The number of carbonyl (C=O) groups is 6. The summed E-state index contributed by atoms with van der Waals surface area (Å²) in [5.74, 6) is -0.618. The van der Waals surface area contributed by atoms with Crippen LogP contribution in [0.4, 0.5) is 4.79 Å². The standard InChI is InChI=1S/C33H52N4O7/c1-22(15-24-26(38)17-32(3,4)18-27(24)39)7-9-34-11-13-37(30(42)21-36-31(43)44)14-12-35-10-8-23(2)16-25-28(40)19-33(5,6)20-29(25)41/h15-16,22-23,34-36H,7-14,17-21H2,1-6H3,(H,43,44)/t22-,23-/m0/s1. The van der Waals surface area contributed by atoms with E-state index in [-0.39, 0.29) is 58.3 Å². The third-order valence-corrected chi connectivity index (χ3v) is 8.07. The number of allylic oxidation sites excluding steroid dienone is 4. The Bertz CT molecular complexity index is 1040.